The summed E-state index contributed by atoms with van der Waals surface area (Å²) in [6, 6.07) is 4.40. The lowest BCUT2D eigenvalue weighted by atomic mass is 10.1. The fourth-order valence-electron chi connectivity index (χ4n) is 1.29. The quantitative estimate of drug-likeness (QED) is 0.469. The van der Waals surface area contributed by atoms with Crippen LogP contribution >= 0.6 is 0 Å². The van der Waals surface area contributed by atoms with Crippen LogP contribution in [0.1, 0.15) is 12.0 Å². The number of non-ortho nitro benzene ring substituents is 1. The van der Waals surface area contributed by atoms with Crippen molar-refractivity contribution in [1.82, 2.24) is 0 Å². The number of nitriles is 1. The van der Waals surface area contributed by atoms with E-state index >= 15 is 0 Å². The van der Waals surface area contributed by atoms with Crippen molar-refractivity contribution in [2.45, 2.75) is 12.5 Å². The van der Waals surface area contributed by atoms with Gasteiger partial charge in [0, 0.05) is 18.6 Å². The average molecular weight is 258 g/mol. The predicted molar refractivity (Wildman–Crippen MR) is 67.9 cm³/mol. The minimum absolute atomic E-state index is 0.0181. The van der Waals surface area contributed by atoms with Crippen molar-refractivity contribution >= 4 is 17.3 Å². The van der Waals surface area contributed by atoms with Crippen molar-refractivity contribution in [3.8, 4) is 18.4 Å². The maximum atomic E-state index is 11.6. The standard InChI is InChI=1S/C12H10N4O3/c1-2-3-10(14)12(17)15-11-5-4-9(16(18)19)6-8(11)7-13/h1,4-6,10H,3,14H2,(H,15,17). The Morgan fingerprint density at radius 3 is 2.84 bits per heavy atom. The molecule has 7 heteroatoms. The molecule has 0 aliphatic heterocycles. The molecule has 0 radical (unpaired) electrons. The molecule has 3 N–H and O–H groups in total. The summed E-state index contributed by atoms with van der Waals surface area (Å²) in [5.41, 5.74) is 5.41. The molecule has 0 aromatic heterocycles. The van der Waals surface area contributed by atoms with Crippen molar-refractivity contribution in [3.63, 3.8) is 0 Å². The number of carbonyl (C=O) groups is 1. The minimum atomic E-state index is -0.897. The van der Waals surface area contributed by atoms with Crippen LogP contribution in [0.4, 0.5) is 11.4 Å². The Bertz CT molecular complexity index is 598. The number of terminal acetylenes is 1. The van der Waals surface area contributed by atoms with Crippen LogP contribution in [0.15, 0.2) is 18.2 Å². The van der Waals surface area contributed by atoms with Crippen LogP contribution in [0.5, 0.6) is 0 Å². The maximum Gasteiger partial charge on any atom is 0.270 e. The van der Waals surface area contributed by atoms with E-state index in [1.54, 1.807) is 6.07 Å². The lowest BCUT2D eigenvalue weighted by Gasteiger charge is -2.10. The fraction of sp³-hybridized carbons (Fsp3) is 0.167. The molecule has 1 atom stereocenters. The third-order valence-corrected chi connectivity index (χ3v) is 2.27. The van der Waals surface area contributed by atoms with E-state index in [4.69, 9.17) is 17.4 Å². The third-order valence-electron chi connectivity index (χ3n) is 2.27. The summed E-state index contributed by atoms with van der Waals surface area (Å²) >= 11 is 0. The number of nitro groups is 1. The summed E-state index contributed by atoms with van der Waals surface area (Å²) < 4.78 is 0. The van der Waals surface area contributed by atoms with Crippen LogP contribution in [-0.2, 0) is 4.79 Å². The molecule has 0 fully saturated rings. The van der Waals surface area contributed by atoms with E-state index in [1.165, 1.54) is 12.1 Å². The lowest BCUT2D eigenvalue weighted by molar-refractivity contribution is -0.384. The summed E-state index contributed by atoms with van der Waals surface area (Å²) in [4.78, 5) is 21.5. The number of anilines is 1. The van der Waals surface area contributed by atoms with Crippen molar-refractivity contribution in [2.75, 3.05) is 5.32 Å². The summed E-state index contributed by atoms with van der Waals surface area (Å²) in [6.07, 6.45) is 5.09. The Morgan fingerprint density at radius 2 is 2.32 bits per heavy atom. The van der Waals surface area contributed by atoms with Crippen molar-refractivity contribution in [3.05, 3.63) is 33.9 Å². The topological polar surface area (TPSA) is 122 Å². The molecule has 1 unspecified atom stereocenters. The van der Waals surface area contributed by atoms with Gasteiger partial charge in [-0.1, -0.05) is 0 Å². The number of hydrogen-bond acceptors (Lipinski definition) is 5. The number of nitrogens with zero attached hydrogens (tertiary/aromatic N) is 2. The smallest absolute Gasteiger partial charge is 0.270 e. The van der Waals surface area contributed by atoms with Gasteiger partial charge in [0.2, 0.25) is 5.91 Å². The second kappa shape index (κ2) is 6.15. The number of carbonyl (C=O) groups excluding carboxylic acids is 1. The van der Waals surface area contributed by atoms with Crippen LogP contribution in [0.2, 0.25) is 0 Å². The molecule has 0 saturated heterocycles. The Labute approximate surface area is 109 Å². The second-order valence-corrected chi connectivity index (χ2v) is 3.60. The lowest BCUT2D eigenvalue weighted by Crippen LogP contribution is -2.35. The van der Waals surface area contributed by atoms with Crippen molar-refractivity contribution < 1.29 is 9.72 Å². The van der Waals surface area contributed by atoms with E-state index in [2.05, 4.69) is 11.2 Å². The zero-order valence-electron chi connectivity index (χ0n) is 9.79. The number of benzene rings is 1. The largest absolute Gasteiger partial charge is 0.324 e. The summed E-state index contributed by atoms with van der Waals surface area (Å²) in [5.74, 6) is 1.69. The Hall–Kier alpha value is -2.90. The number of nitrogens with one attached hydrogen (secondary N) is 1. The highest BCUT2D eigenvalue weighted by molar-refractivity contribution is 5.96. The molecule has 96 valence electrons. The molecular formula is C12H10N4O3. The molecule has 7 nitrogen and oxygen atoms in total. The van der Waals surface area contributed by atoms with Gasteiger partial charge in [-0.05, 0) is 6.07 Å². The van der Waals surface area contributed by atoms with Gasteiger partial charge in [0.1, 0.15) is 6.07 Å². The first-order valence-corrected chi connectivity index (χ1v) is 5.18. The van der Waals surface area contributed by atoms with Gasteiger partial charge in [-0.15, -0.1) is 12.3 Å². The number of amides is 1. The normalized spacial score (nSPS) is 10.9. The fourth-order valence-corrected chi connectivity index (χ4v) is 1.29. The van der Waals surface area contributed by atoms with Gasteiger partial charge in [-0.3, -0.25) is 14.9 Å². The first-order chi connectivity index (χ1) is 8.99. The zero-order valence-corrected chi connectivity index (χ0v) is 9.79. The molecular weight excluding hydrogens is 248 g/mol. The minimum Gasteiger partial charge on any atom is -0.324 e. The Kier molecular flexibility index (Phi) is 4.58. The van der Waals surface area contributed by atoms with Gasteiger partial charge >= 0.3 is 0 Å². The van der Waals surface area contributed by atoms with Crippen LogP contribution < -0.4 is 11.1 Å². The number of nitrogens with two attached hydrogens (primary N) is 1. The molecule has 0 heterocycles. The van der Waals surface area contributed by atoms with E-state index < -0.39 is 16.9 Å². The first kappa shape index (κ1) is 14.2. The summed E-state index contributed by atoms with van der Waals surface area (Å²) in [5, 5.41) is 21.9. The molecule has 0 spiro atoms. The van der Waals surface area contributed by atoms with E-state index in [0.29, 0.717) is 0 Å². The van der Waals surface area contributed by atoms with E-state index in [1.807, 2.05) is 0 Å². The van der Waals surface area contributed by atoms with E-state index in [-0.39, 0.29) is 23.4 Å². The van der Waals surface area contributed by atoms with Gasteiger partial charge in [0.25, 0.3) is 5.69 Å². The highest BCUT2D eigenvalue weighted by atomic mass is 16.6. The van der Waals surface area contributed by atoms with E-state index in [9.17, 15) is 14.9 Å². The highest BCUT2D eigenvalue weighted by Gasteiger charge is 2.16. The number of rotatable bonds is 4. The summed E-state index contributed by atoms with van der Waals surface area (Å²) in [6.45, 7) is 0. The first-order valence-electron chi connectivity index (χ1n) is 5.18. The van der Waals surface area contributed by atoms with Crippen LogP contribution in [0.3, 0.4) is 0 Å². The van der Waals surface area contributed by atoms with Gasteiger partial charge < -0.3 is 11.1 Å². The number of nitro benzene ring substituents is 1. The van der Waals surface area contributed by atoms with Crippen molar-refractivity contribution in [2.24, 2.45) is 5.73 Å². The second-order valence-electron chi connectivity index (χ2n) is 3.60. The average Bonchev–Trinajstić information content (AvgIpc) is 2.39. The predicted octanol–water partition coefficient (Wildman–Crippen LogP) is 0.756. The molecule has 0 aliphatic rings. The third kappa shape index (κ3) is 3.53. The molecule has 1 rings (SSSR count). The van der Waals surface area contributed by atoms with Gasteiger partial charge in [-0.25, -0.2) is 0 Å². The van der Waals surface area contributed by atoms with Gasteiger partial charge in [-0.2, -0.15) is 5.26 Å². The SMILES string of the molecule is C#CCC(N)C(=O)Nc1ccc([N+](=O)[O-])cc1C#N. The van der Waals surface area contributed by atoms with E-state index in [0.717, 1.165) is 6.07 Å². The summed E-state index contributed by atoms with van der Waals surface area (Å²) in [7, 11) is 0. The van der Waals surface area contributed by atoms with Gasteiger partial charge in [0.05, 0.1) is 22.2 Å². The molecule has 19 heavy (non-hydrogen) atoms. The molecule has 0 bridgehead atoms. The monoisotopic (exact) mass is 258 g/mol. The highest BCUT2D eigenvalue weighted by Crippen LogP contribution is 2.21. The molecule has 1 amide bonds. The Balaban J connectivity index is 2.97. The molecule has 0 saturated carbocycles. The molecule has 1 aromatic carbocycles. The van der Waals surface area contributed by atoms with Crippen LogP contribution in [-0.4, -0.2) is 16.9 Å². The molecule has 1 aromatic rings. The Morgan fingerprint density at radius 1 is 1.63 bits per heavy atom. The number of hydrogen-bond donors (Lipinski definition) is 2. The van der Waals surface area contributed by atoms with Crippen LogP contribution in [0.25, 0.3) is 0 Å². The van der Waals surface area contributed by atoms with Crippen LogP contribution in [0, 0.1) is 33.8 Å². The van der Waals surface area contributed by atoms with Crippen molar-refractivity contribution in [1.29, 1.82) is 5.26 Å². The molecule has 0 aliphatic carbocycles. The zero-order chi connectivity index (χ0) is 14.4. The van der Waals surface area contributed by atoms with Gasteiger partial charge in [0.15, 0.2) is 0 Å². The maximum absolute atomic E-state index is 11.6.